The van der Waals surface area contributed by atoms with Crippen LogP contribution in [-0.4, -0.2) is 21.3 Å². The summed E-state index contributed by atoms with van der Waals surface area (Å²) >= 11 is 0. The monoisotopic (exact) mass is 284 g/mol. The highest BCUT2D eigenvalue weighted by Crippen LogP contribution is 2.32. The molecule has 3 heterocycles. The van der Waals surface area contributed by atoms with Gasteiger partial charge in [0, 0.05) is 43.5 Å². The van der Waals surface area contributed by atoms with E-state index in [2.05, 4.69) is 15.0 Å². The van der Waals surface area contributed by atoms with Crippen molar-refractivity contribution in [2.75, 3.05) is 6.54 Å². The van der Waals surface area contributed by atoms with Crippen molar-refractivity contribution in [1.82, 2.24) is 20.1 Å². The molecule has 0 atom stereocenters. The summed E-state index contributed by atoms with van der Waals surface area (Å²) in [6.45, 7) is 3.56. The number of rotatable bonds is 5. The molecule has 1 N–H and O–H groups in total. The van der Waals surface area contributed by atoms with Crippen molar-refractivity contribution >= 4 is 0 Å². The van der Waals surface area contributed by atoms with Crippen molar-refractivity contribution in [3.05, 3.63) is 41.5 Å². The fraction of sp³-hybridized carbons (Fsp3) is 0.500. The smallest absolute Gasteiger partial charge is 0.138 e. The van der Waals surface area contributed by atoms with Crippen molar-refractivity contribution in [3.63, 3.8) is 0 Å². The Morgan fingerprint density at radius 3 is 3.14 bits per heavy atom. The van der Waals surface area contributed by atoms with Gasteiger partial charge in [-0.2, -0.15) is 5.10 Å². The van der Waals surface area contributed by atoms with Gasteiger partial charge in [0.25, 0.3) is 0 Å². The SMILES string of the molecule is c1cncc(OCc2nn(CC3CC3)c3c2CNCC3)c1. The fourth-order valence-corrected chi connectivity index (χ4v) is 2.89. The first kappa shape index (κ1) is 12.8. The lowest BCUT2D eigenvalue weighted by molar-refractivity contribution is 0.296. The lowest BCUT2D eigenvalue weighted by atomic mass is 10.1. The maximum absolute atomic E-state index is 5.83. The van der Waals surface area contributed by atoms with Crippen LogP contribution in [0.2, 0.25) is 0 Å². The quantitative estimate of drug-likeness (QED) is 0.911. The summed E-state index contributed by atoms with van der Waals surface area (Å²) in [5, 5.41) is 8.26. The van der Waals surface area contributed by atoms with Crippen LogP contribution < -0.4 is 10.1 Å². The summed E-state index contributed by atoms with van der Waals surface area (Å²) in [6, 6.07) is 3.82. The molecule has 0 unspecified atom stereocenters. The Kier molecular flexibility index (Phi) is 3.35. The van der Waals surface area contributed by atoms with Crippen LogP contribution in [0.25, 0.3) is 0 Å². The normalized spacial score (nSPS) is 17.5. The molecule has 5 heteroatoms. The second kappa shape index (κ2) is 5.48. The van der Waals surface area contributed by atoms with Crippen LogP contribution in [0.5, 0.6) is 5.75 Å². The first-order valence-corrected chi connectivity index (χ1v) is 7.71. The Morgan fingerprint density at radius 2 is 2.33 bits per heavy atom. The molecule has 0 radical (unpaired) electrons. The Labute approximate surface area is 124 Å². The van der Waals surface area contributed by atoms with E-state index in [0.29, 0.717) is 6.61 Å². The molecular weight excluding hydrogens is 264 g/mol. The molecule has 21 heavy (non-hydrogen) atoms. The summed E-state index contributed by atoms with van der Waals surface area (Å²) in [7, 11) is 0. The van der Waals surface area contributed by atoms with Gasteiger partial charge in [0.05, 0.1) is 6.20 Å². The third-order valence-corrected chi connectivity index (χ3v) is 4.23. The molecule has 5 nitrogen and oxygen atoms in total. The standard InChI is InChI=1S/C16H20N4O/c1-2-13(8-17-6-1)21-11-15-14-9-18-7-5-16(14)20(19-15)10-12-3-4-12/h1-2,6,8,12,18H,3-5,7,9-11H2. The topological polar surface area (TPSA) is 52.0 Å². The molecule has 0 spiro atoms. The van der Waals surface area contributed by atoms with Crippen molar-refractivity contribution < 1.29 is 4.74 Å². The van der Waals surface area contributed by atoms with E-state index in [4.69, 9.17) is 9.84 Å². The van der Waals surface area contributed by atoms with Gasteiger partial charge in [0.15, 0.2) is 0 Å². The Bertz CT molecular complexity index is 619. The summed E-state index contributed by atoms with van der Waals surface area (Å²) in [4.78, 5) is 4.07. The van der Waals surface area contributed by atoms with E-state index >= 15 is 0 Å². The van der Waals surface area contributed by atoms with E-state index in [1.165, 1.54) is 24.1 Å². The molecule has 2 aromatic heterocycles. The van der Waals surface area contributed by atoms with Gasteiger partial charge in [-0.1, -0.05) is 0 Å². The number of nitrogens with one attached hydrogen (secondary N) is 1. The second-order valence-electron chi connectivity index (χ2n) is 5.90. The lowest BCUT2D eigenvalue weighted by Gasteiger charge is -2.15. The third kappa shape index (κ3) is 2.78. The summed E-state index contributed by atoms with van der Waals surface area (Å²) in [5.41, 5.74) is 3.82. The molecule has 1 aliphatic carbocycles. The van der Waals surface area contributed by atoms with Gasteiger partial charge < -0.3 is 10.1 Å². The lowest BCUT2D eigenvalue weighted by Crippen LogP contribution is -2.25. The zero-order valence-corrected chi connectivity index (χ0v) is 12.1. The van der Waals surface area contributed by atoms with E-state index in [1.807, 2.05) is 12.1 Å². The summed E-state index contributed by atoms with van der Waals surface area (Å²) in [6.07, 6.45) is 7.28. The Morgan fingerprint density at radius 1 is 1.38 bits per heavy atom. The van der Waals surface area contributed by atoms with E-state index in [9.17, 15) is 0 Å². The Balaban J connectivity index is 1.54. The minimum atomic E-state index is 0.521. The second-order valence-corrected chi connectivity index (χ2v) is 5.90. The van der Waals surface area contributed by atoms with Crippen molar-refractivity contribution in [2.24, 2.45) is 5.92 Å². The number of fused-ring (bicyclic) bond motifs is 1. The zero-order chi connectivity index (χ0) is 14.1. The predicted octanol–water partition coefficient (Wildman–Crippen LogP) is 1.91. The van der Waals surface area contributed by atoms with Crippen LogP contribution in [0.1, 0.15) is 29.8 Å². The van der Waals surface area contributed by atoms with Crippen molar-refractivity contribution in [1.29, 1.82) is 0 Å². The van der Waals surface area contributed by atoms with Crippen LogP contribution in [0.4, 0.5) is 0 Å². The molecule has 0 aromatic carbocycles. The highest BCUT2D eigenvalue weighted by atomic mass is 16.5. The number of hydrogen-bond acceptors (Lipinski definition) is 4. The first-order chi connectivity index (χ1) is 10.4. The predicted molar refractivity (Wildman–Crippen MR) is 78.9 cm³/mol. The zero-order valence-electron chi connectivity index (χ0n) is 12.1. The average molecular weight is 284 g/mol. The molecule has 1 saturated carbocycles. The minimum Gasteiger partial charge on any atom is -0.486 e. The molecule has 0 amide bonds. The van der Waals surface area contributed by atoms with Crippen LogP contribution >= 0.6 is 0 Å². The Hall–Kier alpha value is -1.88. The van der Waals surface area contributed by atoms with Crippen LogP contribution in [0.3, 0.4) is 0 Å². The third-order valence-electron chi connectivity index (χ3n) is 4.23. The van der Waals surface area contributed by atoms with Crippen LogP contribution in [0.15, 0.2) is 24.5 Å². The maximum atomic E-state index is 5.83. The van der Waals surface area contributed by atoms with E-state index in [1.54, 1.807) is 12.4 Å². The van der Waals surface area contributed by atoms with Crippen molar-refractivity contribution in [2.45, 2.75) is 39.0 Å². The largest absolute Gasteiger partial charge is 0.486 e. The first-order valence-electron chi connectivity index (χ1n) is 7.71. The number of hydrogen-bond donors (Lipinski definition) is 1. The molecule has 0 saturated heterocycles. The van der Waals surface area contributed by atoms with E-state index in [0.717, 1.165) is 43.4 Å². The van der Waals surface area contributed by atoms with Crippen LogP contribution in [0, 0.1) is 5.92 Å². The number of pyridine rings is 1. The van der Waals surface area contributed by atoms with Gasteiger partial charge in [0.1, 0.15) is 18.1 Å². The molecular formula is C16H20N4O. The van der Waals surface area contributed by atoms with Gasteiger partial charge >= 0.3 is 0 Å². The van der Waals surface area contributed by atoms with Gasteiger partial charge in [-0.25, -0.2) is 0 Å². The fourth-order valence-electron chi connectivity index (χ4n) is 2.89. The minimum absolute atomic E-state index is 0.521. The van der Waals surface area contributed by atoms with Gasteiger partial charge in [-0.3, -0.25) is 9.67 Å². The molecule has 1 aliphatic heterocycles. The molecule has 110 valence electrons. The highest BCUT2D eigenvalue weighted by Gasteiger charge is 2.26. The van der Waals surface area contributed by atoms with E-state index in [-0.39, 0.29) is 0 Å². The average Bonchev–Trinajstić information content (AvgIpc) is 3.29. The molecule has 0 bridgehead atoms. The van der Waals surface area contributed by atoms with Crippen molar-refractivity contribution in [3.8, 4) is 5.75 Å². The number of nitrogens with zero attached hydrogens (tertiary/aromatic N) is 3. The highest BCUT2D eigenvalue weighted by molar-refractivity contribution is 5.29. The maximum Gasteiger partial charge on any atom is 0.138 e. The summed E-state index contributed by atoms with van der Waals surface area (Å²) < 4.78 is 8.06. The van der Waals surface area contributed by atoms with Gasteiger partial charge in [-0.05, 0) is 30.9 Å². The molecule has 2 aliphatic rings. The summed E-state index contributed by atoms with van der Waals surface area (Å²) in [5.74, 6) is 1.64. The number of ether oxygens (including phenoxy) is 1. The molecule has 2 aromatic rings. The van der Waals surface area contributed by atoms with Gasteiger partial charge in [-0.15, -0.1) is 0 Å². The molecule has 4 rings (SSSR count). The van der Waals surface area contributed by atoms with Gasteiger partial charge in [0.2, 0.25) is 0 Å². The van der Waals surface area contributed by atoms with E-state index < -0.39 is 0 Å². The van der Waals surface area contributed by atoms with Crippen LogP contribution in [-0.2, 0) is 26.1 Å². The molecule has 1 fully saturated rings. The number of aromatic nitrogens is 3.